The number of nitrogens with one attached hydrogen (secondary N) is 2. The van der Waals surface area contributed by atoms with Gasteiger partial charge in [0.05, 0.1) is 36.5 Å². The molecule has 0 bridgehead atoms. The van der Waals surface area contributed by atoms with Crippen LogP contribution in [0.25, 0.3) is 21.8 Å². The average molecular weight is 675 g/mol. The van der Waals surface area contributed by atoms with Crippen LogP contribution in [0.1, 0.15) is 34.6 Å². The number of halogens is 4. The van der Waals surface area contributed by atoms with E-state index < -0.39 is 28.3 Å². The van der Waals surface area contributed by atoms with Gasteiger partial charge >= 0.3 is 5.97 Å². The average Bonchev–Trinajstić information content (AvgIpc) is 3.31. The van der Waals surface area contributed by atoms with Crippen LogP contribution in [-0.4, -0.2) is 32.7 Å². The van der Waals surface area contributed by atoms with Crippen LogP contribution < -0.4 is 10.6 Å². The van der Waals surface area contributed by atoms with Gasteiger partial charge in [-0.1, -0.05) is 64.6 Å². The predicted octanol–water partition coefficient (Wildman–Crippen LogP) is 9.50. The molecule has 2 amide bonds. The summed E-state index contributed by atoms with van der Waals surface area (Å²) in [5.41, 5.74) is 2.37. The van der Waals surface area contributed by atoms with Crippen molar-refractivity contribution in [2.24, 2.45) is 0 Å². The molecule has 0 radical (unpaired) electrons. The summed E-state index contributed by atoms with van der Waals surface area (Å²) in [5, 5.41) is 15.8. The minimum Gasteiger partial charge on any atom is -0.478 e. The van der Waals surface area contributed by atoms with E-state index in [1.807, 2.05) is 30.3 Å². The summed E-state index contributed by atoms with van der Waals surface area (Å²) >= 11 is 25.6. The molecule has 3 N–H and O–H groups in total. The van der Waals surface area contributed by atoms with Gasteiger partial charge in [0.2, 0.25) is 5.91 Å². The number of para-hydroxylation sites is 1. The summed E-state index contributed by atoms with van der Waals surface area (Å²) in [4.78, 5) is 38.6. The summed E-state index contributed by atoms with van der Waals surface area (Å²) < 4.78 is 2.25. The van der Waals surface area contributed by atoms with Gasteiger partial charge in [-0.2, -0.15) is 0 Å². The Labute approximate surface area is 271 Å². The van der Waals surface area contributed by atoms with Crippen molar-refractivity contribution in [1.29, 1.82) is 0 Å². The minimum atomic E-state index is -1.48. The molecular weight excluding hydrogens is 652 g/mol. The van der Waals surface area contributed by atoms with E-state index in [0.717, 1.165) is 33.2 Å². The molecule has 0 aliphatic heterocycles. The summed E-state index contributed by atoms with van der Waals surface area (Å²) in [6.07, 6.45) is 0. The Morgan fingerprint density at radius 1 is 0.791 bits per heavy atom. The van der Waals surface area contributed by atoms with E-state index in [1.54, 1.807) is 31.2 Å². The van der Waals surface area contributed by atoms with Crippen molar-refractivity contribution < 1.29 is 19.5 Å². The third-order valence-electron chi connectivity index (χ3n) is 6.86. The van der Waals surface area contributed by atoms with Gasteiger partial charge < -0.3 is 20.3 Å². The van der Waals surface area contributed by atoms with Crippen molar-refractivity contribution >= 4 is 109 Å². The molecule has 1 aromatic heterocycles. The Kier molecular flexibility index (Phi) is 9.15. The number of fused-ring (bicyclic) bond motifs is 3. The number of rotatable bonds is 8. The second-order valence-corrected chi connectivity index (χ2v) is 12.5. The van der Waals surface area contributed by atoms with Gasteiger partial charge in [0.15, 0.2) is 0 Å². The molecule has 0 saturated heterocycles. The molecule has 0 spiro atoms. The number of carboxylic acid groups (broad SMARTS) is 1. The number of thioether (sulfide) groups is 1. The van der Waals surface area contributed by atoms with E-state index in [-0.39, 0.29) is 26.0 Å². The summed E-state index contributed by atoms with van der Waals surface area (Å²) in [6.45, 7) is 4.75. The number of hydrogen-bond donors (Lipinski definition) is 3. The molecule has 1 heterocycles. The van der Waals surface area contributed by atoms with Crippen LogP contribution in [0.4, 0.5) is 11.4 Å². The fraction of sp³-hybridized carbons (Fsp3) is 0.129. The molecule has 43 heavy (non-hydrogen) atoms. The number of carbonyl (C=O) groups is 3. The Morgan fingerprint density at radius 3 is 2.05 bits per heavy atom. The molecule has 0 aliphatic rings. The van der Waals surface area contributed by atoms with Crippen LogP contribution in [0.2, 0.25) is 20.1 Å². The zero-order chi connectivity index (χ0) is 31.0. The van der Waals surface area contributed by atoms with Gasteiger partial charge in [0.1, 0.15) is 0 Å². The van der Waals surface area contributed by atoms with Gasteiger partial charge in [-0.3, -0.25) is 9.59 Å². The lowest BCUT2D eigenvalue weighted by Gasteiger charge is -2.15. The molecule has 7 nitrogen and oxygen atoms in total. The van der Waals surface area contributed by atoms with Crippen LogP contribution >= 0.6 is 58.2 Å². The van der Waals surface area contributed by atoms with E-state index in [2.05, 4.69) is 34.3 Å². The maximum absolute atomic E-state index is 13.1. The summed E-state index contributed by atoms with van der Waals surface area (Å²) in [7, 11) is 0. The van der Waals surface area contributed by atoms with Crippen molar-refractivity contribution in [3.63, 3.8) is 0 Å². The van der Waals surface area contributed by atoms with Crippen LogP contribution in [-0.2, 0) is 11.3 Å². The Morgan fingerprint density at radius 2 is 1.40 bits per heavy atom. The van der Waals surface area contributed by atoms with Gasteiger partial charge in [-0.25, -0.2) is 4.79 Å². The highest BCUT2D eigenvalue weighted by molar-refractivity contribution is 8.00. The van der Waals surface area contributed by atoms with E-state index >= 15 is 0 Å². The number of benzene rings is 4. The smallest absolute Gasteiger partial charge is 0.338 e. The minimum absolute atomic E-state index is 0.159. The monoisotopic (exact) mass is 673 g/mol. The van der Waals surface area contributed by atoms with Crippen LogP contribution in [0.15, 0.2) is 71.6 Å². The quantitative estimate of drug-likeness (QED) is 0.0865. The Bertz CT molecular complexity index is 1930. The number of amides is 2. The molecule has 0 fully saturated rings. The zero-order valence-electron chi connectivity index (χ0n) is 22.7. The second kappa shape index (κ2) is 12.7. The highest BCUT2D eigenvalue weighted by atomic mass is 35.5. The topological polar surface area (TPSA) is 100 Å². The van der Waals surface area contributed by atoms with Crippen LogP contribution in [0, 0.1) is 0 Å². The molecule has 4 aromatic carbocycles. The third kappa shape index (κ3) is 6.03. The predicted molar refractivity (Wildman–Crippen MR) is 177 cm³/mol. The van der Waals surface area contributed by atoms with E-state index in [4.69, 9.17) is 46.4 Å². The standard InChI is InChI=1S/C31H23Cl4N3O4S/c1-3-38-21-7-5-4-6-19(21)20-14-17(10-13-22(20)38)37-29(39)15(2)43-18-11-8-16(9-12-18)36-30(40)23-24(31(41)42)26(33)28(35)27(34)25(23)32/h4-15H,3H2,1-2H3,(H,36,40)(H,37,39)(H,41,42). The van der Waals surface area contributed by atoms with Gasteiger partial charge in [-0.15, -0.1) is 11.8 Å². The fourth-order valence-electron chi connectivity index (χ4n) is 4.83. The first-order valence-corrected chi connectivity index (χ1v) is 15.4. The van der Waals surface area contributed by atoms with E-state index in [9.17, 15) is 19.5 Å². The number of aromatic nitrogens is 1. The molecule has 0 aliphatic carbocycles. The molecule has 12 heteroatoms. The maximum Gasteiger partial charge on any atom is 0.338 e. The fourth-order valence-corrected chi connectivity index (χ4v) is 6.72. The number of aryl methyl sites for hydroxylation is 1. The normalized spacial score (nSPS) is 12.0. The number of anilines is 2. The molecule has 5 rings (SSSR count). The second-order valence-electron chi connectivity index (χ2n) is 9.53. The van der Waals surface area contributed by atoms with Gasteiger partial charge in [0, 0.05) is 44.6 Å². The summed E-state index contributed by atoms with van der Waals surface area (Å²) in [5.74, 6) is -2.47. The molecule has 1 unspecified atom stereocenters. The Balaban J connectivity index is 1.27. The zero-order valence-corrected chi connectivity index (χ0v) is 26.5. The van der Waals surface area contributed by atoms with E-state index in [0.29, 0.717) is 11.4 Å². The lowest BCUT2D eigenvalue weighted by atomic mass is 10.1. The number of aromatic carboxylic acids is 1. The molecule has 220 valence electrons. The first-order chi connectivity index (χ1) is 20.5. The lowest BCUT2D eigenvalue weighted by Crippen LogP contribution is -2.22. The highest BCUT2D eigenvalue weighted by Crippen LogP contribution is 2.42. The number of carbonyl (C=O) groups excluding carboxylic acids is 2. The highest BCUT2D eigenvalue weighted by Gasteiger charge is 2.29. The van der Waals surface area contributed by atoms with Crippen LogP contribution in [0.5, 0.6) is 0 Å². The number of nitrogens with zero attached hydrogens (tertiary/aromatic N) is 1. The first kappa shape index (κ1) is 31.0. The van der Waals surface area contributed by atoms with Crippen molar-refractivity contribution in [3.8, 4) is 0 Å². The first-order valence-electron chi connectivity index (χ1n) is 13.0. The van der Waals surface area contributed by atoms with Gasteiger partial charge in [0.25, 0.3) is 5.91 Å². The number of carboxylic acids is 1. The largest absolute Gasteiger partial charge is 0.478 e. The van der Waals surface area contributed by atoms with Crippen molar-refractivity contribution in [2.75, 3.05) is 10.6 Å². The Hall–Kier alpha value is -3.40. The maximum atomic E-state index is 13.1. The van der Waals surface area contributed by atoms with Crippen LogP contribution in [0.3, 0.4) is 0 Å². The molecular formula is C31H23Cl4N3O4S. The third-order valence-corrected chi connectivity index (χ3v) is 9.77. The van der Waals surface area contributed by atoms with E-state index in [1.165, 1.54) is 11.8 Å². The molecule has 5 aromatic rings. The lowest BCUT2D eigenvalue weighted by molar-refractivity contribution is -0.115. The summed E-state index contributed by atoms with van der Waals surface area (Å²) in [6, 6.07) is 20.8. The van der Waals surface area contributed by atoms with Crippen molar-refractivity contribution in [3.05, 3.63) is 97.9 Å². The molecule has 1 atom stereocenters. The molecule has 0 saturated carbocycles. The van der Waals surface area contributed by atoms with Gasteiger partial charge in [-0.05, 0) is 62.4 Å². The van der Waals surface area contributed by atoms with Crippen molar-refractivity contribution in [1.82, 2.24) is 4.57 Å². The number of hydrogen-bond acceptors (Lipinski definition) is 4. The van der Waals surface area contributed by atoms with Crippen molar-refractivity contribution in [2.45, 2.75) is 30.5 Å². The SMILES string of the molecule is CCn1c2ccccc2c2cc(NC(=O)C(C)Sc3ccc(NC(=O)c4c(Cl)c(Cl)c(Cl)c(Cl)c4C(=O)O)cc3)ccc21.